The summed E-state index contributed by atoms with van der Waals surface area (Å²) in [6.45, 7) is 3.22. The first kappa shape index (κ1) is 9.52. The standard InChI is InChI=1S/C10H13N3S/c1-8-7-13(2)12-10(14-8)9-4-3-5-11-6-9/h3-6,8H,7H2,1-2H3. The van der Waals surface area contributed by atoms with Crippen LogP contribution in [0.1, 0.15) is 12.5 Å². The molecule has 0 aliphatic carbocycles. The zero-order valence-electron chi connectivity index (χ0n) is 8.34. The first-order chi connectivity index (χ1) is 6.75. The Kier molecular flexibility index (Phi) is 2.72. The zero-order chi connectivity index (χ0) is 9.97. The molecule has 0 aromatic carbocycles. The number of hydrogen-bond acceptors (Lipinski definition) is 4. The Morgan fingerprint density at radius 1 is 1.57 bits per heavy atom. The van der Waals surface area contributed by atoms with E-state index in [4.69, 9.17) is 0 Å². The van der Waals surface area contributed by atoms with Crippen LogP contribution in [0.25, 0.3) is 0 Å². The maximum atomic E-state index is 4.48. The Morgan fingerprint density at radius 3 is 3.07 bits per heavy atom. The highest BCUT2D eigenvalue weighted by Crippen LogP contribution is 2.23. The van der Waals surface area contributed by atoms with Gasteiger partial charge in [-0.05, 0) is 12.1 Å². The fraction of sp³-hybridized carbons (Fsp3) is 0.400. The van der Waals surface area contributed by atoms with Crippen LogP contribution in [-0.4, -0.2) is 33.9 Å². The normalized spacial score (nSPS) is 22.0. The van der Waals surface area contributed by atoms with Crippen molar-refractivity contribution in [1.82, 2.24) is 9.99 Å². The van der Waals surface area contributed by atoms with Crippen molar-refractivity contribution < 1.29 is 0 Å². The van der Waals surface area contributed by atoms with E-state index in [0.29, 0.717) is 5.25 Å². The molecular weight excluding hydrogens is 194 g/mol. The quantitative estimate of drug-likeness (QED) is 0.703. The highest BCUT2D eigenvalue weighted by molar-refractivity contribution is 8.15. The van der Waals surface area contributed by atoms with Crippen molar-refractivity contribution in [3.63, 3.8) is 0 Å². The first-order valence-electron chi connectivity index (χ1n) is 4.62. The molecule has 1 aromatic heterocycles. The van der Waals surface area contributed by atoms with E-state index in [9.17, 15) is 0 Å². The average molecular weight is 207 g/mol. The number of rotatable bonds is 1. The minimum atomic E-state index is 0.590. The molecule has 0 bridgehead atoms. The molecule has 3 nitrogen and oxygen atoms in total. The molecule has 0 N–H and O–H groups in total. The molecule has 14 heavy (non-hydrogen) atoms. The van der Waals surface area contributed by atoms with E-state index < -0.39 is 0 Å². The van der Waals surface area contributed by atoms with Gasteiger partial charge in [-0.15, -0.1) is 0 Å². The largest absolute Gasteiger partial charge is 0.298 e. The maximum absolute atomic E-state index is 4.48. The molecule has 0 spiro atoms. The van der Waals surface area contributed by atoms with E-state index in [1.807, 2.05) is 42.1 Å². The van der Waals surface area contributed by atoms with Crippen LogP contribution in [0.15, 0.2) is 29.6 Å². The third-order valence-corrected chi connectivity index (χ3v) is 3.10. The molecule has 0 saturated heterocycles. The van der Waals surface area contributed by atoms with Crippen molar-refractivity contribution in [2.45, 2.75) is 12.2 Å². The van der Waals surface area contributed by atoms with Gasteiger partial charge in [0.15, 0.2) is 0 Å². The zero-order valence-corrected chi connectivity index (χ0v) is 9.16. The van der Waals surface area contributed by atoms with Crippen molar-refractivity contribution in [2.75, 3.05) is 13.6 Å². The summed E-state index contributed by atoms with van der Waals surface area (Å²) in [5.74, 6) is 0. The van der Waals surface area contributed by atoms with Crippen molar-refractivity contribution in [3.05, 3.63) is 30.1 Å². The summed E-state index contributed by atoms with van der Waals surface area (Å²) in [6, 6.07) is 3.99. The molecule has 0 fully saturated rings. The molecule has 1 atom stereocenters. The SMILES string of the molecule is CC1CN(C)N=C(c2cccnc2)S1. The van der Waals surface area contributed by atoms with Gasteiger partial charge in [-0.1, -0.05) is 18.7 Å². The molecule has 1 aromatic rings. The molecule has 1 unspecified atom stereocenters. The van der Waals surface area contributed by atoms with E-state index in [2.05, 4.69) is 17.0 Å². The van der Waals surface area contributed by atoms with Crippen LogP contribution >= 0.6 is 11.8 Å². The monoisotopic (exact) mass is 207 g/mol. The van der Waals surface area contributed by atoms with E-state index in [1.165, 1.54) is 0 Å². The lowest BCUT2D eigenvalue weighted by atomic mass is 10.3. The highest BCUT2D eigenvalue weighted by atomic mass is 32.2. The molecule has 1 aliphatic heterocycles. The van der Waals surface area contributed by atoms with Crippen LogP contribution in [0.2, 0.25) is 0 Å². The van der Waals surface area contributed by atoms with Crippen LogP contribution in [0.5, 0.6) is 0 Å². The Labute approximate surface area is 88.2 Å². The van der Waals surface area contributed by atoms with Crippen molar-refractivity contribution >= 4 is 16.8 Å². The van der Waals surface area contributed by atoms with Gasteiger partial charge in [-0.3, -0.25) is 9.99 Å². The second-order valence-corrected chi connectivity index (χ2v) is 4.84. The number of aromatic nitrogens is 1. The number of hydrazone groups is 1. The number of nitrogens with zero attached hydrogens (tertiary/aromatic N) is 3. The lowest BCUT2D eigenvalue weighted by Crippen LogP contribution is -2.28. The van der Waals surface area contributed by atoms with Gasteiger partial charge in [0.25, 0.3) is 0 Å². The Hall–Kier alpha value is -1.03. The predicted molar refractivity (Wildman–Crippen MR) is 60.5 cm³/mol. The summed E-state index contributed by atoms with van der Waals surface area (Å²) in [4.78, 5) is 4.10. The smallest absolute Gasteiger partial charge is 0.125 e. The predicted octanol–water partition coefficient (Wildman–Crippen LogP) is 1.81. The fourth-order valence-corrected chi connectivity index (χ4v) is 2.55. The third-order valence-electron chi connectivity index (χ3n) is 2.00. The second-order valence-electron chi connectivity index (χ2n) is 3.42. The van der Waals surface area contributed by atoms with E-state index >= 15 is 0 Å². The van der Waals surface area contributed by atoms with Gasteiger partial charge in [0.2, 0.25) is 0 Å². The lowest BCUT2D eigenvalue weighted by molar-refractivity contribution is 0.357. The third kappa shape index (κ3) is 2.07. The number of pyridine rings is 1. The maximum Gasteiger partial charge on any atom is 0.125 e. The van der Waals surface area contributed by atoms with E-state index in [1.54, 1.807) is 6.20 Å². The Bertz CT molecular complexity index is 336. The van der Waals surface area contributed by atoms with Gasteiger partial charge in [0.05, 0.1) is 0 Å². The summed E-state index contributed by atoms with van der Waals surface area (Å²) in [5, 5.41) is 8.12. The average Bonchev–Trinajstić information content (AvgIpc) is 2.18. The summed E-state index contributed by atoms with van der Waals surface area (Å²) in [5.41, 5.74) is 1.11. The summed E-state index contributed by atoms with van der Waals surface area (Å²) in [7, 11) is 2.01. The second kappa shape index (κ2) is 4.00. The molecule has 4 heteroatoms. The minimum absolute atomic E-state index is 0.590. The molecule has 74 valence electrons. The Balaban J connectivity index is 2.26. The van der Waals surface area contributed by atoms with Crippen LogP contribution in [0.3, 0.4) is 0 Å². The molecular formula is C10H13N3S. The molecule has 1 aliphatic rings. The summed E-state index contributed by atoms with van der Waals surface area (Å²) in [6.07, 6.45) is 3.64. The fourth-order valence-electron chi connectivity index (χ4n) is 1.43. The molecule has 0 saturated carbocycles. The summed E-state index contributed by atoms with van der Waals surface area (Å²) < 4.78 is 0. The van der Waals surface area contributed by atoms with Gasteiger partial charge < -0.3 is 0 Å². The van der Waals surface area contributed by atoms with Crippen molar-refractivity contribution in [1.29, 1.82) is 0 Å². The molecule has 2 heterocycles. The van der Waals surface area contributed by atoms with Crippen LogP contribution in [-0.2, 0) is 0 Å². The first-order valence-corrected chi connectivity index (χ1v) is 5.50. The molecule has 2 rings (SSSR count). The number of thioether (sulfide) groups is 1. The van der Waals surface area contributed by atoms with Gasteiger partial charge in [-0.25, -0.2) is 0 Å². The van der Waals surface area contributed by atoms with Gasteiger partial charge in [0.1, 0.15) is 5.04 Å². The molecule has 0 radical (unpaired) electrons. The molecule has 0 amide bonds. The lowest BCUT2D eigenvalue weighted by Gasteiger charge is -2.25. The van der Waals surface area contributed by atoms with Gasteiger partial charge >= 0.3 is 0 Å². The number of hydrogen-bond donors (Lipinski definition) is 0. The topological polar surface area (TPSA) is 28.5 Å². The van der Waals surface area contributed by atoms with Crippen LogP contribution < -0.4 is 0 Å². The van der Waals surface area contributed by atoms with E-state index in [0.717, 1.165) is 17.2 Å². The Morgan fingerprint density at radius 2 is 2.43 bits per heavy atom. The van der Waals surface area contributed by atoms with Crippen molar-refractivity contribution in [2.24, 2.45) is 5.10 Å². The van der Waals surface area contributed by atoms with Gasteiger partial charge in [0, 0.05) is 36.8 Å². The van der Waals surface area contributed by atoms with Crippen LogP contribution in [0.4, 0.5) is 0 Å². The summed E-state index contributed by atoms with van der Waals surface area (Å²) >= 11 is 1.81. The van der Waals surface area contributed by atoms with Crippen molar-refractivity contribution in [3.8, 4) is 0 Å². The van der Waals surface area contributed by atoms with E-state index in [-0.39, 0.29) is 0 Å². The highest BCUT2D eigenvalue weighted by Gasteiger charge is 2.17. The van der Waals surface area contributed by atoms with Gasteiger partial charge in [-0.2, -0.15) is 5.10 Å². The van der Waals surface area contributed by atoms with Crippen LogP contribution in [0, 0.1) is 0 Å². The minimum Gasteiger partial charge on any atom is -0.298 e.